The lowest BCUT2D eigenvalue weighted by Gasteiger charge is -2.36. The summed E-state index contributed by atoms with van der Waals surface area (Å²) in [5.41, 5.74) is 6.71. The number of rotatable bonds is 4. The van der Waals surface area contributed by atoms with Crippen LogP contribution < -0.4 is 10.6 Å². The Hall–Kier alpha value is -1.82. The molecule has 0 radical (unpaired) electrons. The average molecular weight is 289 g/mol. The molecule has 2 fully saturated rings. The van der Waals surface area contributed by atoms with Crippen molar-refractivity contribution in [3.63, 3.8) is 0 Å². The maximum Gasteiger partial charge on any atom is 0.236 e. The van der Waals surface area contributed by atoms with Gasteiger partial charge in [-0.25, -0.2) is 4.98 Å². The first-order valence-corrected chi connectivity index (χ1v) is 7.58. The topological polar surface area (TPSA) is 65.7 Å². The monoisotopic (exact) mass is 289 g/mol. The number of aromatic nitrogens is 1. The number of carbonyl (C=O) groups excluding carboxylic acids is 1. The van der Waals surface area contributed by atoms with Crippen LogP contribution in [0.3, 0.4) is 0 Å². The molecule has 1 aromatic heterocycles. The summed E-state index contributed by atoms with van der Waals surface area (Å²) in [5, 5.41) is 0. The third-order valence-corrected chi connectivity index (χ3v) is 4.36. The van der Waals surface area contributed by atoms with E-state index in [0.29, 0.717) is 18.4 Å². The van der Waals surface area contributed by atoms with E-state index in [1.54, 1.807) is 0 Å². The third-order valence-electron chi connectivity index (χ3n) is 4.36. The number of carbonyl (C=O) groups is 1. The molecule has 1 aliphatic carbocycles. The van der Waals surface area contributed by atoms with Crippen LogP contribution in [0.15, 0.2) is 18.3 Å². The Morgan fingerprint density at radius 2 is 2.05 bits per heavy atom. The molecule has 2 N–H and O–H groups in total. The van der Waals surface area contributed by atoms with Crippen molar-refractivity contribution in [3.05, 3.63) is 18.3 Å². The highest BCUT2D eigenvalue weighted by molar-refractivity contribution is 5.78. The van der Waals surface area contributed by atoms with Gasteiger partial charge in [-0.1, -0.05) is 0 Å². The Kier molecular flexibility index (Phi) is 3.96. The lowest BCUT2D eigenvalue weighted by Crippen LogP contribution is -2.50. The van der Waals surface area contributed by atoms with Crippen molar-refractivity contribution in [2.45, 2.75) is 18.9 Å². The van der Waals surface area contributed by atoms with Crippen LogP contribution in [-0.2, 0) is 4.79 Å². The zero-order chi connectivity index (χ0) is 14.8. The van der Waals surface area contributed by atoms with E-state index in [4.69, 9.17) is 5.73 Å². The predicted octanol–water partition coefficient (Wildman–Crippen LogP) is 0.407. The van der Waals surface area contributed by atoms with Crippen molar-refractivity contribution in [1.29, 1.82) is 0 Å². The minimum Gasteiger partial charge on any atom is -0.384 e. The third kappa shape index (κ3) is 3.44. The number of pyridine rings is 1. The summed E-state index contributed by atoms with van der Waals surface area (Å²) < 4.78 is 0. The van der Waals surface area contributed by atoms with Crippen LogP contribution in [0.2, 0.25) is 0 Å². The molecule has 1 aliphatic heterocycles. The first kappa shape index (κ1) is 14.1. The van der Waals surface area contributed by atoms with Crippen molar-refractivity contribution >= 4 is 17.4 Å². The summed E-state index contributed by atoms with van der Waals surface area (Å²) in [6.45, 7) is 4.21. The van der Waals surface area contributed by atoms with E-state index in [0.717, 1.165) is 31.9 Å². The average Bonchev–Trinajstić information content (AvgIpc) is 3.33. The van der Waals surface area contributed by atoms with Crippen LogP contribution in [0, 0.1) is 0 Å². The summed E-state index contributed by atoms with van der Waals surface area (Å²) in [7, 11) is 1.93. The summed E-state index contributed by atoms with van der Waals surface area (Å²) >= 11 is 0. The molecule has 0 atom stereocenters. The van der Waals surface area contributed by atoms with Gasteiger partial charge in [-0.3, -0.25) is 9.69 Å². The fraction of sp³-hybridized carbons (Fsp3) is 0.600. The summed E-state index contributed by atoms with van der Waals surface area (Å²) in [4.78, 5) is 22.7. The number of likely N-dealkylation sites (N-methyl/N-ethyl adjacent to an activating group) is 1. The SMILES string of the molecule is CN(C(=O)CN1CCN(c2ccc(N)nc2)CC1)C1CC1. The first-order valence-electron chi connectivity index (χ1n) is 7.58. The maximum absolute atomic E-state index is 12.1. The Labute approximate surface area is 125 Å². The molecule has 0 unspecified atom stereocenters. The summed E-state index contributed by atoms with van der Waals surface area (Å²) in [6.07, 6.45) is 4.15. The number of nitrogens with two attached hydrogens (primary N) is 1. The maximum atomic E-state index is 12.1. The van der Waals surface area contributed by atoms with Gasteiger partial charge in [0.15, 0.2) is 0 Å². The molecule has 0 aromatic carbocycles. The molecule has 0 bridgehead atoms. The lowest BCUT2D eigenvalue weighted by atomic mass is 10.2. The molecule has 3 rings (SSSR count). The quantitative estimate of drug-likeness (QED) is 0.869. The van der Waals surface area contributed by atoms with Crippen molar-refractivity contribution in [2.75, 3.05) is 50.4 Å². The normalized spacial score (nSPS) is 19.6. The highest BCUT2D eigenvalue weighted by Gasteiger charge is 2.30. The Morgan fingerprint density at radius 3 is 2.62 bits per heavy atom. The predicted molar refractivity (Wildman–Crippen MR) is 83.1 cm³/mol. The van der Waals surface area contributed by atoms with Gasteiger partial charge in [-0.2, -0.15) is 0 Å². The molecule has 114 valence electrons. The molecule has 0 spiro atoms. The van der Waals surface area contributed by atoms with Gasteiger partial charge < -0.3 is 15.5 Å². The number of hydrogen-bond donors (Lipinski definition) is 1. The van der Waals surface area contributed by atoms with E-state index in [1.165, 1.54) is 12.8 Å². The van der Waals surface area contributed by atoms with Crippen molar-refractivity contribution < 1.29 is 4.79 Å². The highest BCUT2D eigenvalue weighted by atomic mass is 16.2. The first-order chi connectivity index (χ1) is 10.1. The number of anilines is 2. The van der Waals surface area contributed by atoms with Crippen LogP contribution in [0.4, 0.5) is 11.5 Å². The largest absolute Gasteiger partial charge is 0.384 e. The van der Waals surface area contributed by atoms with Crippen molar-refractivity contribution in [1.82, 2.24) is 14.8 Å². The van der Waals surface area contributed by atoms with Gasteiger partial charge in [0.1, 0.15) is 5.82 Å². The minimum absolute atomic E-state index is 0.250. The molecule has 1 aromatic rings. The Balaban J connectivity index is 1.48. The second-order valence-electron chi connectivity index (χ2n) is 5.94. The number of hydrogen-bond acceptors (Lipinski definition) is 5. The highest BCUT2D eigenvalue weighted by Crippen LogP contribution is 2.25. The Bertz CT molecular complexity index is 491. The fourth-order valence-electron chi connectivity index (χ4n) is 2.72. The van der Waals surface area contributed by atoms with Gasteiger partial charge in [0.25, 0.3) is 0 Å². The Morgan fingerprint density at radius 1 is 1.33 bits per heavy atom. The van der Waals surface area contributed by atoms with Crippen LogP contribution >= 0.6 is 0 Å². The van der Waals surface area contributed by atoms with Gasteiger partial charge in [0, 0.05) is 39.3 Å². The van der Waals surface area contributed by atoms with Gasteiger partial charge in [-0.15, -0.1) is 0 Å². The number of nitrogens with zero attached hydrogens (tertiary/aromatic N) is 4. The smallest absolute Gasteiger partial charge is 0.236 e. The van der Waals surface area contributed by atoms with E-state index in [2.05, 4.69) is 14.8 Å². The number of nitrogen functional groups attached to an aromatic ring is 1. The summed E-state index contributed by atoms with van der Waals surface area (Å²) in [6, 6.07) is 4.33. The zero-order valence-corrected chi connectivity index (χ0v) is 12.5. The van der Waals surface area contributed by atoms with E-state index in [9.17, 15) is 4.79 Å². The second kappa shape index (κ2) is 5.89. The van der Waals surface area contributed by atoms with Crippen molar-refractivity contribution in [3.8, 4) is 0 Å². The molecular weight excluding hydrogens is 266 g/mol. The van der Waals surface area contributed by atoms with Crippen LogP contribution in [0.5, 0.6) is 0 Å². The van der Waals surface area contributed by atoms with Gasteiger partial charge in [0.05, 0.1) is 18.4 Å². The summed E-state index contributed by atoms with van der Waals surface area (Å²) in [5.74, 6) is 0.797. The van der Waals surface area contributed by atoms with Crippen LogP contribution in [-0.4, -0.2) is 66.5 Å². The molecule has 2 aliphatic rings. The number of piperazine rings is 1. The van der Waals surface area contributed by atoms with Gasteiger partial charge in [0.2, 0.25) is 5.91 Å². The molecule has 1 saturated heterocycles. The van der Waals surface area contributed by atoms with E-state index >= 15 is 0 Å². The van der Waals surface area contributed by atoms with E-state index < -0.39 is 0 Å². The molecule has 6 heteroatoms. The van der Waals surface area contributed by atoms with E-state index in [-0.39, 0.29) is 5.91 Å². The molecule has 1 saturated carbocycles. The van der Waals surface area contributed by atoms with Crippen LogP contribution in [0.25, 0.3) is 0 Å². The lowest BCUT2D eigenvalue weighted by molar-refractivity contribution is -0.131. The minimum atomic E-state index is 0.250. The molecule has 6 nitrogen and oxygen atoms in total. The fourth-order valence-corrected chi connectivity index (χ4v) is 2.72. The molecular formula is C15H23N5O. The van der Waals surface area contributed by atoms with Gasteiger partial charge >= 0.3 is 0 Å². The van der Waals surface area contributed by atoms with Crippen LogP contribution in [0.1, 0.15) is 12.8 Å². The standard InChI is InChI=1S/C15H23N5O/c1-18(12-2-3-12)15(21)11-19-6-8-20(9-7-19)13-4-5-14(16)17-10-13/h4-5,10,12H,2-3,6-9,11H2,1H3,(H2,16,17). The molecule has 1 amide bonds. The molecule has 2 heterocycles. The number of amides is 1. The van der Waals surface area contributed by atoms with E-state index in [1.807, 2.05) is 30.3 Å². The zero-order valence-electron chi connectivity index (χ0n) is 12.5. The second-order valence-corrected chi connectivity index (χ2v) is 5.94. The van der Waals surface area contributed by atoms with Crippen molar-refractivity contribution in [2.24, 2.45) is 0 Å². The molecule has 21 heavy (non-hydrogen) atoms. The van der Waals surface area contributed by atoms with Gasteiger partial charge in [-0.05, 0) is 25.0 Å².